The zero-order valence-corrected chi connectivity index (χ0v) is 20.1. The molecule has 0 atom stereocenters. The number of methoxy groups -OCH3 is 1. The molecular formula is C25H27ClN2O3S. The highest BCUT2D eigenvalue weighted by molar-refractivity contribution is 7.16. The van der Waals surface area contributed by atoms with E-state index in [9.17, 15) is 4.79 Å². The smallest absolute Gasteiger partial charge is 0.250 e. The molecule has 1 aromatic heterocycles. The van der Waals surface area contributed by atoms with Crippen molar-refractivity contribution in [3.05, 3.63) is 64.0 Å². The molecule has 0 aliphatic heterocycles. The minimum atomic E-state index is -0.254. The van der Waals surface area contributed by atoms with Gasteiger partial charge in [0.15, 0.2) is 16.6 Å². The predicted molar refractivity (Wildman–Crippen MR) is 133 cm³/mol. The van der Waals surface area contributed by atoms with Crippen LogP contribution in [0, 0.1) is 6.92 Å². The number of nitrogens with zero attached hydrogens (tertiary/aromatic N) is 1. The molecule has 5 nitrogen and oxygen atoms in total. The van der Waals surface area contributed by atoms with Gasteiger partial charge in [-0.05, 0) is 49.2 Å². The summed E-state index contributed by atoms with van der Waals surface area (Å²) in [6.45, 7) is 4.79. The summed E-state index contributed by atoms with van der Waals surface area (Å²) in [5, 5.41) is 4.02. The number of hydrogen-bond acceptors (Lipinski definition) is 5. The molecule has 0 fully saturated rings. The molecule has 0 spiro atoms. The third-order valence-electron chi connectivity index (χ3n) is 4.75. The van der Waals surface area contributed by atoms with Crippen molar-refractivity contribution in [2.45, 2.75) is 33.1 Å². The summed E-state index contributed by atoms with van der Waals surface area (Å²) >= 11 is 7.51. The lowest BCUT2D eigenvalue weighted by molar-refractivity contribution is -0.111. The molecule has 168 valence electrons. The van der Waals surface area contributed by atoms with Gasteiger partial charge in [0.1, 0.15) is 0 Å². The molecule has 1 amide bonds. The van der Waals surface area contributed by atoms with E-state index in [1.165, 1.54) is 17.4 Å². The Kier molecular flexibility index (Phi) is 8.71. The second kappa shape index (κ2) is 11.7. The van der Waals surface area contributed by atoms with Crippen molar-refractivity contribution < 1.29 is 14.3 Å². The molecule has 0 saturated carbocycles. The van der Waals surface area contributed by atoms with Gasteiger partial charge in [-0.15, -0.1) is 11.3 Å². The molecule has 7 heteroatoms. The fourth-order valence-corrected chi connectivity index (χ4v) is 4.14. The average molecular weight is 471 g/mol. The first-order valence-electron chi connectivity index (χ1n) is 10.5. The summed E-state index contributed by atoms with van der Waals surface area (Å²) in [6, 6.07) is 13.1. The Labute approximate surface area is 198 Å². The number of carbonyl (C=O) groups excluding carboxylic acids is 1. The first kappa shape index (κ1) is 23.8. The van der Waals surface area contributed by atoms with Gasteiger partial charge in [0, 0.05) is 21.5 Å². The van der Waals surface area contributed by atoms with E-state index in [4.69, 9.17) is 21.1 Å². The van der Waals surface area contributed by atoms with Crippen LogP contribution in [0.15, 0.2) is 48.5 Å². The minimum Gasteiger partial charge on any atom is -0.493 e. The summed E-state index contributed by atoms with van der Waals surface area (Å²) in [4.78, 5) is 18.0. The summed E-state index contributed by atoms with van der Waals surface area (Å²) in [5.74, 6) is 1.10. The van der Waals surface area contributed by atoms with E-state index >= 15 is 0 Å². The number of aromatic nitrogens is 1. The summed E-state index contributed by atoms with van der Waals surface area (Å²) in [6.07, 6.45) is 6.51. The van der Waals surface area contributed by atoms with E-state index in [1.54, 1.807) is 13.2 Å². The number of ether oxygens (including phenoxy) is 2. The number of thiazole rings is 1. The fraction of sp³-hybridized carbons (Fsp3) is 0.280. The number of anilines is 1. The maximum absolute atomic E-state index is 12.4. The summed E-state index contributed by atoms with van der Waals surface area (Å²) < 4.78 is 11.2. The zero-order chi connectivity index (χ0) is 22.9. The van der Waals surface area contributed by atoms with Crippen molar-refractivity contribution in [1.29, 1.82) is 0 Å². The summed E-state index contributed by atoms with van der Waals surface area (Å²) in [7, 11) is 1.61. The molecule has 2 aromatic carbocycles. The molecule has 0 radical (unpaired) electrons. The van der Waals surface area contributed by atoms with Gasteiger partial charge in [0.25, 0.3) is 0 Å². The number of rotatable bonds is 10. The lowest BCUT2D eigenvalue weighted by atomic mass is 10.1. The lowest BCUT2D eigenvalue weighted by Crippen LogP contribution is -2.07. The van der Waals surface area contributed by atoms with Crippen LogP contribution in [0.4, 0.5) is 5.13 Å². The predicted octanol–water partition coefficient (Wildman–Crippen LogP) is 7.00. The Morgan fingerprint density at radius 1 is 1.19 bits per heavy atom. The van der Waals surface area contributed by atoms with E-state index in [0.717, 1.165) is 41.0 Å². The molecule has 32 heavy (non-hydrogen) atoms. The number of amides is 1. The molecule has 1 heterocycles. The third-order valence-corrected chi connectivity index (χ3v) is 5.87. The average Bonchev–Trinajstić information content (AvgIpc) is 3.15. The first-order chi connectivity index (χ1) is 15.5. The highest BCUT2D eigenvalue weighted by atomic mass is 35.5. The Morgan fingerprint density at radius 2 is 2.03 bits per heavy atom. The SMILES string of the molecule is CCCCCOc1ccc(/C=C/C(=O)Nc2nc(-c3cccc(Cl)c3)c(C)s2)cc1OC. The van der Waals surface area contributed by atoms with Crippen molar-refractivity contribution in [2.24, 2.45) is 0 Å². The van der Waals surface area contributed by atoms with Crippen LogP contribution in [-0.4, -0.2) is 24.6 Å². The van der Waals surface area contributed by atoms with E-state index < -0.39 is 0 Å². The molecule has 0 unspecified atom stereocenters. The van der Waals surface area contributed by atoms with Gasteiger partial charge in [0.2, 0.25) is 5.91 Å². The Balaban J connectivity index is 1.63. The Hall–Kier alpha value is -2.83. The first-order valence-corrected chi connectivity index (χ1v) is 11.7. The van der Waals surface area contributed by atoms with Crippen molar-refractivity contribution in [3.63, 3.8) is 0 Å². The number of hydrogen-bond donors (Lipinski definition) is 1. The number of benzene rings is 2. The normalized spacial score (nSPS) is 11.0. The van der Waals surface area contributed by atoms with Gasteiger partial charge in [-0.25, -0.2) is 4.98 Å². The number of aryl methyl sites for hydroxylation is 1. The monoisotopic (exact) mass is 470 g/mol. The number of halogens is 1. The van der Waals surface area contributed by atoms with Crippen LogP contribution >= 0.6 is 22.9 Å². The topological polar surface area (TPSA) is 60.5 Å². The van der Waals surface area contributed by atoms with Gasteiger partial charge in [-0.1, -0.05) is 49.6 Å². The molecular weight excluding hydrogens is 444 g/mol. The maximum Gasteiger partial charge on any atom is 0.250 e. The van der Waals surface area contributed by atoms with Crippen LogP contribution in [0.1, 0.15) is 36.6 Å². The van der Waals surface area contributed by atoms with Gasteiger partial charge in [0.05, 0.1) is 19.4 Å². The molecule has 3 aromatic rings. The largest absolute Gasteiger partial charge is 0.493 e. The number of unbranched alkanes of at least 4 members (excludes halogenated alkanes) is 2. The molecule has 0 aliphatic rings. The second-order valence-corrected chi connectivity index (χ2v) is 8.86. The van der Waals surface area contributed by atoms with E-state index in [-0.39, 0.29) is 5.91 Å². The van der Waals surface area contributed by atoms with E-state index in [2.05, 4.69) is 17.2 Å². The number of carbonyl (C=O) groups is 1. The van der Waals surface area contributed by atoms with Gasteiger partial charge in [-0.3, -0.25) is 10.1 Å². The Bertz CT molecular complexity index is 1090. The Morgan fingerprint density at radius 3 is 2.78 bits per heavy atom. The van der Waals surface area contributed by atoms with Crippen molar-refractivity contribution in [2.75, 3.05) is 19.0 Å². The van der Waals surface area contributed by atoms with Crippen molar-refractivity contribution in [3.8, 4) is 22.8 Å². The highest BCUT2D eigenvalue weighted by Crippen LogP contribution is 2.32. The minimum absolute atomic E-state index is 0.254. The van der Waals surface area contributed by atoms with Crippen LogP contribution < -0.4 is 14.8 Å². The maximum atomic E-state index is 12.4. The lowest BCUT2D eigenvalue weighted by Gasteiger charge is -2.11. The van der Waals surface area contributed by atoms with Crippen LogP contribution in [0.25, 0.3) is 17.3 Å². The van der Waals surface area contributed by atoms with Gasteiger partial charge < -0.3 is 9.47 Å². The quantitative estimate of drug-likeness (QED) is 0.256. The van der Waals surface area contributed by atoms with Crippen molar-refractivity contribution >= 4 is 40.1 Å². The van der Waals surface area contributed by atoms with E-state index in [1.807, 2.05) is 49.4 Å². The summed E-state index contributed by atoms with van der Waals surface area (Å²) in [5.41, 5.74) is 2.58. The third kappa shape index (κ3) is 6.58. The highest BCUT2D eigenvalue weighted by Gasteiger charge is 2.12. The molecule has 0 bridgehead atoms. The molecule has 0 saturated heterocycles. The molecule has 1 N–H and O–H groups in total. The zero-order valence-electron chi connectivity index (χ0n) is 18.5. The van der Waals surface area contributed by atoms with Crippen LogP contribution in [0.5, 0.6) is 11.5 Å². The van der Waals surface area contributed by atoms with Gasteiger partial charge >= 0.3 is 0 Å². The fourth-order valence-electron chi connectivity index (χ4n) is 3.11. The van der Waals surface area contributed by atoms with E-state index in [0.29, 0.717) is 28.3 Å². The molecule has 3 rings (SSSR count). The number of nitrogens with one attached hydrogen (secondary N) is 1. The molecule has 0 aliphatic carbocycles. The van der Waals surface area contributed by atoms with Crippen molar-refractivity contribution in [1.82, 2.24) is 4.98 Å². The van der Waals surface area contributed by atoms with Crippen LogP contribution in [0.3, 0.4) is 0 Å². The standard InChI is InChI=1S/C25H27ClN2O3S/c1-4-5-6-14-31-21-12-10-18(15-22(21)30-3)11-13-23(29)27-25-28-24(17(2)32-25)19-8-7-9-20(26)16-19/h7-13,15-16H,4-6,14H2,1-3H3,(H,27,28,29)/b13-11+. The van der Waals surface area contributed by atoms with Crippen LogP contribution in [0.2, 0.25) is 5.02 Å². The van der Waals surface area contributed by atoms with Crippen LogP contribution in [-0.2, 0) is 4.79 Å². The van der Waals surface area contributed by atoms with Gasteiger partial charge in [-0.2, -0.15) is 0 Å². The second-order valence-electron chi connectivity index (χ2n) is 7.22.